The average molecular weight is 410 g/mol. The minimum Gasteiger partial charge on any atom is -0.480 e. The van der Waals surface area contributed by atoms with Crippen LogP contribution in [0.5, 0.6) is 0 Å². The fourth-order valence-corrected chi connectivity index (χ4v) is 3.71. The Hall–Kier alpha value is -3.39. The number of nitrogens with one attached hydrogen (secondary N) is 2. The molecule has 0 aliphatic heterocycles. The average Bonchev–Trinajstić information content (AvgIpc) is 3.07. The predicted molar refractivity (Wildman–Crippen MR) is 114 cm³/mol. The van der Waals surface area contributed by atoms with Crippen molar-refractivity contribution in [2.75, 3.05) is 13.2 Å². The van der Waals surface area contributed by atoms with Gasteiger partial charge in [0.25, 0.3) is 0 Å². The summed E-state index contributed by atoms with van der Waals surface area (Å²) in [6.07, 6.45) is 2.24. The number of nitrogens with two attached hydrogens (primary N) is 1. The van der Waals surface area contributed by atoms with Gasteiger partial charge in [-0.15, -0.1) is 0 Å². The minimum absolute atomic E-state index is 0.0690. The summed E-state index contributed by atoms with van der Waals surface area (Å²) in [5.41, 5.74) is 6.79. The zero-order valence-corrected chi connectivity index (χ0v) is 16.6. The molecule has 1 aliphatic rings. The van der Waals surface area contributed by atoms with E-state index < -0.39 is 18.1 Å². The van der Waals surface area contributed by atoms with Crippen LogP contribution in [0.3, 0.4) is 0 Å². The second-order valence-electron chi connectivity index (χ2n) is 7.06. The van der Waals surface area contributed by atoms with Crippen LogP contribution in [0.15, 0.2) is 53.5 Å². The van der Waals surface area contributed by atoms with Crippen molar-refractivity contribution in [3.05, 3.63) is 59.7 Å². The van der Waals surface area contributed by atoms with Gasteiger partial charge in [0, 0.05) is 12.5 Å². The second kappa shape index (κ2) is 10.4. The Bertz CT molecular complexity index is 870. The van der Waals surface area contributed by atoms with E-state index in [9.17, 15) is 14.7 Å². The molecule has 0 fully saturated rings. The fraction of sp³-hybridized carbons (Fsp3) is 0.318. The molecule has 158 valence electrons. The molecule has 1 amide bonds. The van der Waals surface area contributed by atoms with Gasteiger partial charge in [0.2, 0.25) is 0 Å². The van der Waals surface area contributed by atoms with Crippen molar-refractivity contribution in [3.63, 3.8) is 0 Å². The Labute approximate surface area is 175 Å². The van der Waals surface area contributed by atoms with E-state index in [-0.39, 0.29) is 12.5 Å². The van der Waals surface area contributed by atoms with Crippen LogP contribution in [0.1, 0.15) is 36.3 Å². The number of carbonyl (C=O) groups excluding carboxylic acids is 1. The summed E-state index contributed by atoms with van der Waals surface area (Å²) in [7, 11) is 0. The highest BCUT2D eigenvalue weighted by Crippen LogP contribution is 2.44. The number of hydrazine groups is 1. The Kier molecular flexibility index (Phi) is 7.40. The molecule has 0 bridgehead atoms. The zero-order chi connectivity index (χ0) is 21.3. The number of carboxylic acid groups (broad SMARTS) is 1. The van der Waals surface area contributed by atoms with Crippen molar-refractivity contribution in [1.29, 1.82) is 0 Å². The van der Waals surface area contributed by atoms with Gasteiger partial charge in [-0.1, -0.05) is 48.5 Å². The summed E-state index contributed by atoms with van der Waals surface area (Å²) in [4.78, 5) is 27.7. The van der Waals surface area contributed by atoms with E-state index in [1.54, 1.807) is 0 Å². The molecule has 0 saturated heterocycles. The monoisotopic (exact) mass is 410 g/mol. The van der Waals surface area contributed by atoms with Crippen molar-refractivity contribution in [1.82, 2.24) is 10.7 Å². The number of aliphatic imine (C=N–C) groups is 1. The summed E-state index contributed by atoms with van der Waals surface area (Å²) >= 11 is 0. The summed E-state index contributed by atoms with van der Waals surface area (Å²) in [5.74, 6) is 3.92. The summed E-state index contributed by atoms with van der Waals surface area (Å²) in [6.45, 7) is 0.675. The fourth-order valence-electron chi connectivity index (χ4n) is 3.71. The number of benzene rings is 2. The molecule has 0 saturated carbocycles. The summed E-state index contributed by atoms with van der Waals surface area (Å²) < 4.78 is 5.42. The minimum atomic E-state index is -1.09. The van der Waals surface area contributed by atoms with Crippen LogP contribution in [-0.2, 0) is 9.53 Å². The SMILES string of the molecule is NNC=NCCCC[C@H](NC(=O)OCC1c2ccccc2-c2ccccc21)C(=O)O. The number of hydrogen-bond acceptors (Lipinski definition) is 5. The highest BCUT2D eigenvalue weighted by Gasteiger charge is 2.29. The number of nitrogens with zero attached hydrogens (tertiary/aromatic N) is 1. The topological polar surface area (TPSA) is 126 Å². The lowest BCUT2D eigenvalue weighted by molar-refractivity contribution is -0.139. The maximum Gasteiger partial charge on any atom is 0.407 e. The molecule has 1 aliphatic carbocycles. The zero-order valence-electron chi connectivity index (χ0n) is 16.6. The third-order valence-electron chi connectivity index (χ3n) is 5.13. The van der Waals surface area contributed by atoms with Gasteiger partial charge in [-0.25, -0.2) is 15.4 Å². The van der Waals surface area contributed by atoms with Crippen LogP contribution in [0.25, 0.3) is 11.1 Å². The predicted octanol–water partition coefficient (Wildman–Crippen LogP) is 2.64. The van der Waals surface area contributed by atoms with Gasteiger partial charge < -0.3 is 20.6 Å². The number of carbonyl (C=O) groups is 2. The smallest absolute Gasteiger partial charge is 0.407 e. The van der Waals surface area contributed by atoms with Crippen molar-refractivity contribution < 1.29 is 19.4 Å². The standard InChI is InChI=1S/C22H26N4O4/c23-25-14-24-12-6-5-11-20(21(27)28)26-22(29)30-13-19-17-9-3-1-7-15(17)16-8-2-4-10-18(16)19/h1-4,7-10,14,19-20H,5-6,11-13,23H2,(H,24,25)(H,26,29)(H,27,28)/t20-/m0/s1. The lowest BCUT2D eigenvalue weighted by Crippen LogP contribution is -2.41. The number of aliphatic carboxylic acids is 1. The maximum absolute atomic E-state index is 12.3. The van der Waals surface area contributed by atoms with Gasteiger partial charge in [-0.3, -0.25) is 4.99 Å². The number of fused-ring (bicyclic) bond motifs is 3. The number of amides is 1. The Morgan fingerprint density at radius 3 is 2.33 bits per heavy atom. The van der Waals surface area contributed by atoms with E-state index in [4.69, 9.17) is 10.6 Å². The summed E-state index contributed by atoms with van der Waals surface area (Å²) in [5, 5.41) is 11.8. The Balaban J connectivity index is 1.54. The van der Waals surface area contributed by atoms with E-state index in [1.807, 2.05) is 36.4 Å². The normalized spacial score (nSPS) is 13.5. The van der Waals surface area contributed by atoms with Crippen LogP contribution in [0, 0.1) is 0 Å². The molecular weight excluding hydrogens is 384 g/mol. The molecule has 0 unspecified atom stereocenters. The Morgan fingerprint density at radius 2 is 1.73 bits per heavy atom. The number of unbranched alkanes of at least 4 members (excludes halogenated alkanes) is 1. The van der Waals surface area contributed by atoms with Crippen LogP contribution in [-0.4, -0.2) is 42.7 Å². The third kappa shape index (κ3) is 5.15. The molecule has 0 heterocycles. The molecule has 8 nitrogen and oxygen atoms in total. The van der Waals surface area contributed by atoms with Crippen molar-refractivity contribution in [2.45, 2.75) is 31.2 Å². The van der Waals surface area contributed by atoms with Gasteiger partial charge >= 0.3 is 12.1 Å². The molecule has 3 rings (SSSR count). The number of ether oxygens (including phenoxy) is 1. The van der Waals surface area contributed by atoms with E-state index in [2.05, 4.69) is 27.9 Å². The molecule has 30 heavy (non-hydrogen) atoms. The first kappa shape index (κ1) is 21.3. The largest absolute Gasteiger partial charge is 0.480 e. The molecule has 5 N–H and O–H groups in total. The molecule has 2 aromatic carbocycles. The lowest BCUT2D eigenvalue weighted by atomic mass is 9.98. The van der Waals surface area contributed by atoms with Crippen molar-refractivity contribution in [3.8, 4) is 11.1 Å². The van der Waals surface area contributed by atoms with Crippen LogP contribution < -0.4 is 16.6 Å². The Morgan fingerprint density at radius 1 is 1.10 bits per heavy atom. The first-order valence-electron chi connectivity index (χ1n) is 9.90. The number of carboxylic acids is 1. The molecule has 0 aromatic heterocycles. The van der Waals surface area contributed by atoms with Gasteiger partial charge in [-0.05, 0) is 41.5 Å². The van der Waals surface area contributed by atoms with Gasteiger partial charge in [0.1, 0.15) is 12.6 Å². The highest BCUT2D eigenvalue weighted by molar-refractivity contribution is 5.81. The number of hydrogen-bond donors (Lipinski definition) is 4. The first-order chi connectivity index (χ1) is 14.6. The van der Waals surface area contributed by atoms with E-state index in [1.165, 1.54) is 6.34 Å². The van der Waals surface area contributed by atoms with Gasteiger partial charge in [0.15, 0.2) is 0 Å². The molecule has 2 aromatic rings. The summed E-state index contributed by atoms with van der Waals surface area (Å²) in [6, 6.07) is 15.1. The molecule has 0 radical (unpaired) electrons. The lowest BCUT2D eigenvalue weighted by Gasteiger charge is -2.17. The molecule has 1 atom stereocenters. The van der Waals surface area contributed by atoms with Crippen molar-refractivity contribution in [2.24, 2.45) is 10.8 Å². The van der Waals surface area contributed by atoms with Crippen LogP contribution in [0.4, 0.5) is 4.79 Å². The maximum atomic E-state index is 12.3. The number of rotatable bonds is 10. The molecule has 8 heteroatoms. The van der Waals surface area contributed by atoms with E-state index in [0.29, 0.717) is 25.8 Å². The van der Waals surface area contributed by atoms with E-state index >= 15 is 0 Å². The quantitative estimate of drug-likeness (QED) is 0.157. The third-order valence-corrected chi connectivity index (χ3v) is 5.13. The van der Waals surface area contributed by atoms with Gasteiger partial charge in [-0.2, -0.15) is 0 Å². The van der Waals surface area contributed by atoms with Crippen LogP contribution >= 0.6 is 0 Å². The number of alkyl carbamates (subject to hydrolysis) is 1. The van der Waals surface area contributed by atoms with Crippen molar-refractivity contribution >= 4 is 18.4 Å². The highest BCUT2D eigenvalue weighted by atomic mass is 16.5. The van der Waals surface area contributed by atoms with E-state index in [0.717, 1.165) is 22.3 Å². The van der Waals surface area contributed by atoms with Crippen LogP contribution in [0.2, 0.25) is 0 Å². The first-order valence-corrected chi connectivity index (χ1v) is 9.90. The molecular formula is C22H26N4O4. The molecule has 0 spiro atoms. The van der Waals surface area contributed by atoms with Gasteiger partial charge in [0.05, 0.1) is 6.34 Å². The second-order valence-corrected chi connectivity index (χ2v) is 7.06.